The Morgan fingerprint density at radius 2 is 1.02 bits per heavy atom. The Morgan fingerprint density at radius 1 is 0.396 bits per heavy atom. The molecule has 0 bridgehead atoms. The van der Waals surface area contributed by atoms with E-state index in [0.717, 1.165) is 25.7 Å². The molecule has 0 saturated carbocycles. The van der Waals surface area contributed by atoms with E-state index in [9.17, 15) is 0 Å². The molecule has 8 aromatic carbocycles. The van der Waals surface area contributed by atoms with Gasteiger partial charge in [0.25, 0.3) is 0 Å². The van der Waals surface area contributed by atoms with E-state index in [4.69, 9.17) is 0 Å². The molecule has 2 aliphatic carbocycles. The van der Waals surface area contributed by atoms with Crippen molar-refractivity contribution in [2.75, 3.05) is 0 Å². The zero-order valence-corrected chi connectivity index (χ0v) is 26.8. The van der Waals surface area contributed by atoms with Gasteiger partial charge in [-0.1, -0.05) is 133 Å². The molecule has 2 aliphatic rings. The largest absolute Gasteiger partial charge is 0.0836 e. The van der Waals surface area contributed by atoms with Crippen LogP contribution in [0.25, 0.3) is 94.7 Å². The van der Waals surface area contributed by atoms with Crippen LogP contribution in [0, 0.1) is 0 Å². The summed E-state index contributed by atoms with van der Waals surface area (Å²) in [6.45, 7) is 0. The molecule has 0 amide bonds. The minimum absolute atomic E-state index is 1.07. The Labute approximate surface area is 280 Å². The van der Waals surface area contributed by atoms with E-state index >= 15 is 0 Å². The highest BCUT2D eigenvalue weighted by molar-refractivity contribution is 6.24. The zero-order chi connectivity index (χ0) is 31.6. The first-order chi connectivity index (χ1) is 23.8. The highest BCUT2D eigenvalue weighted by Gasteiger charge is 2.22. The highest BCUT2D eigenvalue weighted by atomic mass is 14.2. The molecule has 0 atom stereocenters. The standard InChI is InChI=1S/C48H34/c1-4-13-35-27-38(20-17-31(35)9-1)39-24-25-43-45(30-39)47(41-22-19-33-11-3-6-15-37(33)29-41)48-42-16-8-7-12-34(42)23-26-44(48)46(43)40-21-18-32-10-2-5-14-36(32)28-40/h2-3,5-6,8-11,13-30H,1,4,7,12H2. The van der Waals surface area contributed by atoms with Crippen LogP contribution in [0.2, 0.25) is 0 Å². The van der Waals surface area contributed by atoms with Gasteiger partial charge in [-0.2, -0.15) is 0 Å². The summed E-state index contributed by atoms with van der Waals surface area (Å²) in [6, 6.07) is 50.5. The van der Waals surface area contributed by atoms with Gasteiger partial charge in [0.1, 0.15) is 0 Å². The predicted octanol–water partition coefficient (Wildman–Crippen LogP) is 11.6. The van der Waals surface area contributed by atoms with Crippen LogP contribution in [-0.4, -0.2) is 0 Å². The van der Waals surface area contributed by atoms with Crippen LogP contribution < -0.4 is 10.4 Å². The summed E-state index contributed by atoms with van der Waals surface area (Å²) in [5, 5.41) is 13.1. The average Bonchev–Trinajstić information content (AvgIpc) is 3.16. The van der Waals surface area contributed by atoms with Gasteiger partial charge in [-0.3, -0.25) is 0 Å². The maximum Gasteiger partial charge on any atom is -0.00175 e. The molecule has 0 N–H and O–H groups in total. The van der Waals surface area contributed by atoms with E-state index in [2.05, 4.69) is 158 Å². The van der Waals surface area contributed by atoms with Gasteiger partial charge < -0.3 is 0 Å². The second-order valence-corrected chi connectivity index (χ2v) is 13.5. The van der Waals surface area contributed by atoms with Gasteiger partial charge in [-0.15, -0.1) is 0 Å². The molecule has 8 aromatic rings. The minimum Gasteiger partial charge on any atom is -0.0836 e. The zero-order valence-electron chi connectivity index (χ0n) is 26.8. The van der Waals surface area contributed by atoms with Crippen LogP contribution in [0.4, 0.5) is 0 Å². The molecule has 48 heavy (non-hydrogen) atoms. The van der Waals surface area contributed by atoms with E-state index in [1.165, 1.54) is 98.0 Å². The molecule has 0 saturated heterocycles. The summed E-state index contributed by atoms with van der Waals surface area (Å²) >= 11 is 0. The third kappa shape index (κ3) is 4.37. The number of hydrogen-bond acceptors (Lipinski definition) is 0. The van der Waals surface area contributed by atoms with Crippen LogP contribution in [0.15, 0.2) is 140 Å². The van der Waals surface area contributed by atoms with E-state index < -0.39 is 0 Å². The average molecular weight is 611 g/mol. The molecule has 0 heterocycles. The summed E-state index contributed by atoms with van der Waals surface area (Å²) < 4.78 is 0. The van der Waals surface area contributed by atoms with Crippen molar-refractivity contribution in [2.24, 2.45) is 0 Å². The normalized spacial score (nSPS) is 13.8. The van der Waals surface area contributed by atoms with Crippen molar-refractivity contribution in [1.29, 1.82) is 0 Å². The van der Waals surface area contributed by atoms with Gasteiger partial charge >= 0.3 is 0 Å². The molecule has 226 valence electrons. The molecule has 10 rings (SSSR count). The molecule has 0 aromatic heterocycles. The summed E-state index contributed by atoms with van der Waals surface area (Å²) in [7, 11) is 0. The number of fused-ring (bicyclic) bond motifs is 7. The number of hydrogen-bond donors (Lipinski definition) is 0. The molecular weight excluding hydrogens is 577 g/mol. The van der Waals surface area contributed by atoms with E-state index in [0.29, 0.717) is 0 Å². The maximum atomic E-state index is 2.48. The Kier molecular flexibility index (Phi) is 6.24. The van der Waals surface area contributed by atoms with Crippen molar-refractivity contribution in [1.82, 2.24) is 0 Å². The Bertz CT molecular complexity index is 2770. The topological polar surface area (TPSA) is 0 Å². The second kappa shape index (κ2) is 10.9. The summed E-state index contributed by atoms with van der Waals surface area (Å²) in [4.78, 5) is 0. The summed E-state index contributed by atoms with van der Waals surface area (Å²) in [5.41, 5.74) is 10.5. The lowest BCUT2D eigenvalue weighted by atomic mass is 9.80. The monoisotopic (exact) mass is 610 g/mol. The fourth-order valence-electron chi connectivity index (χ4n) is 8.31. The van der Waals surface area contributed by atoms with Gasteiger partial charge in [0.15, 0.2) is 0 Å². The summed E-state index contributed by atoms with van der Waals surface area (Å²) in [6.07, 6.45) is 13.9. The van der Waals surface area contributed by atoms with Crippen LogP contribution in [0.3, 0.4) is 0 Å². The lowest BCUT2D eigenvalue weighted by Gasteiger charge is -2.23. The molecule has 0 aliphatic heterocycles. The van der Waals surface area contributed by atoms with Crippen LogP contribution >= 0.6 is 0 Å². The highest BCUT2D eigenvalue weighted by Crippen LogP contribution is 2.48. The second-order valence-electron chi connectivity index (χ2n) is 13.5. The molecule has 0 spiro atoms. The Balaban J connectivity index is 1.37. The number of rotatable bonds is 3. The number of allylic oxidation sites excluding steroid dienone is 1. The number of aryl methyl sites for hydroxylation is 1. The molecule has 0 unspecified atom stereocenters. The minimum atomic E-state index is 1.07. The first kappa shape index (κ1) is 27.4. The van der Waals surface area contributed by atoms with E-state index in [1.807, 2.05) is 0 Å². The lowest BCUT2D eigenvalue weighted by Crippen LogP contribution is -2.26. The number of benzene rings is 8. The van der Waals surface area contributed by atoms with Gasteiger partial charge in [-0.05, 0) is 148 Å². The van der Waals surface area contributed by atoms with Gasteiger partial charge in [0.05, 0.1) is 0 Å². The summed E-state index contributed by atoms with van der Waals surface area (Å²) in [5.74, 6) is 0. The molecule has 0 nitrogen and oxygen atoms in total. The molecule has 0 radical (unpaired) electrons. The van der Waals surface area contributed by atoms with Crippen LogP contribution in [0.1, 0.15) is 30.4 Å². The fourth-order valence-corrected chi connectivity index (χ4v) is 8.31. The van der Waals surface area contributed by atoms with E-state index in [1.54, 1.807) is 0 Å². The van der Waals surface area contributed by atoms with Gasteiger partial charge in [-0.25, -0.2) is 0 Å². The molecule has 0 heteroatoms. The predicted molar refractivity (Wildman–Crippen MR) is 208 cm³/mol. The smallest absolute Gasteiger partial charge is 0.00175 e. The molecular formula is C48H34. The fraction of sp³-hybridized carbons (Fsp3) is 0.0833. The van der Waals surface area contributed by atoms with Gasteiger partial charge in [0, 0.05) is 0 Å². The van der Waals surface area contributed by atoms with Crippen molar-refractivity contribution in [3.05, 3.63) is 161 Å². The van der Waals surface area contributed by atoms with Crippen molar-refractivity contribution < 1.29 is 0 Å². The first-order valence-corrected chi connectivity index (χ1v) is 17.3. The Hall–Kier alpha value is -5.72. The third-order valence-corrected chi connectivity index (χ3v) is 10.7. The molecule has 0 fully saturated rings. The van der Waals surface area contributed by atoms with Crippen molar-refractivity contribution >= 4 is 61.3 Å². The third-order valence-electron chi connectivity index (χ3n) is 10.7. The van der Waals surface area contributed by atoms with Gasteiger partial charge in [0.2, 0.25) is 0 Å². The van der Waals surface area contributed by atoms with Crippen molar-refractivity contribution in [3.8, 4) is 33.4 Å². The quantitative estimate of drug-likeness (QED) is 0.175. The van der Waals surface area contributed by atoms with Crippen LogP contribution in [-0.2, 0) is 6.42 Å². The van der Waals surface area contributed by atoms with Crippen molar-refractivity contribution in [3.63, 3.8) is 0 Å². The lowest BCUT2D eigenvalue weighted by molar-refractivity contribution is 0.990. The Morgan fingerprint density at radius 3 is 1.79 bits per heavy atom. The van der Waals surface area contributed by atoms with E-state index in [-0.39, 0.29) is 0 Å². The SMILES string of the molecule is C1=Cc2c(ccc3c(-c4ccc5ccccc5c4)c4ccc(-c5ccc6c(c5)=CCCC=6)cc4c(-c4ccc5ccccc5c4)c23)CC1. The maximum absolute atomic E-state index is 2.48. The first-order valence-electron chi connectivity index (χ1n) is 17.3. The van der Waals surface area contributed by atoms with Crippen molar-refractivity contribution in [2.45, 2.75) is 25.7 Å². The van der Waals surface area contributed by atoms with Crippen LogP contribution in [0.5, 0.6) is 0 Å².